The molecule has 0 aliphatic carbocycles. The third-order valence-electron chi connectivity index (χ3n) is 1.50. The van der Waals surface area contributed by atoms with Crippen LogP contribution < -0.4 is 0 Å². The predicted molar refractivity (Wildman–Crippen MR) is 48.4 cm³/mol. The Morgan fingerprint density at radius 1 is 1.46 bits per heavy atom. The number of carboxylic acids is 1. The number of benzene rings is 1. The van der Waals surface area contributed by atoms with Gasteiger partial charge >= 0.3 is 5.97 Å². The predicted octanol–water partition coefficient (Wildman–Crippen LogP) is 1.06. The van der Waals surface area contributed by atoms with Crippen LogP contribution in [0.5, 0.6) is 0 Å². The van der Waals surface area contributed by atoms with E-state index in [0.29, 0.717) is 0 Å². The van der Waals surface area contributed by atoms with Crippen LogP contribution in [0, 0.1) is 0 Å². The molecule has 2 N–H and O–H groups in total. The lowest BCUT2D eigenvalue weighted by molar-refractivity contribution is -0.146. The summed E-state index contributed by atoms with van der Waals surface area (Å²) in [6.45, 7) is 0. The molecule has 3 nitrogen and oxygen atoms in total. The van der Waals surface area contributed by atoms with Crippen LogP contribution in [0.1, 0.15) is 18.8 Å². The lowest BCUT2D eigenvalue weighted by Gasteiger charge is -2.04. The van der Waals surface area contributed by atoms with E-state index in [4.69, 9.17) is 17.1 Å². The van der Waals surface area contributed by atoms with Crippen molar-refractivity contribution < 1.29 is 21.9 Å². The van der Waals surface area contributed by atoms with Crippen molar-refractivity contribution in [1.82, 2.24) is 0 Å². The molecule has 1 rings (SSSR count). The van der Waals surface area contributed by atoms with Gasteiger partial charge in [0.25, 0.3) is 0 Å². The highest BCUT2D eigenvalue weighted by atomic mass is 16.4. The molecule has 0 aliphatic rings. The molecule has 3 heteroatoms. The van der Waals surface area contributed by atoms with Crippen molar-refractivity contribution in [1.29, 1.82) is 0 Å². The Morgan fingerprint density at radius 3 is 2.62 bits per heavy atom. The Hall–Kier alpha value is -1.35. The molecule has 1 aromatic rings. The minimum Gasteiger partial charge on any atom is -0.479 e. The SMILES string of the molecule is [2H]c1c([2H])c([2H])c(CC[C@@H](O)C(=O)O)c([2H])c1[2H]. The van der Waals surface area contributed by atoms with Crippen LogP contribution >= 0.6 is 0 Å². The van der Waals surface area contributed by atoms with E-state index in [1.165, 1.54) is 0 Å². The molecule has 0 saturated carbocycles. The number of carbonyl (C=O) groups is 1. The fourth-order valence-corrected chi connectivity index (χ4v) is 0.805. The largest absolute Gasteiger partial charge is 0.479 e. The first-order chi connectivity index (χ1) is 8.27. The summed E-state index contributed by atoms with van der Waals surface area (Å²) < 4.78 is 37.4. The number of aliphatic hydroxyl groups excluding tert-OH is 1. The van der Waals surface area contributed by atoms with Gasteiger partial charge in [-0.15, -0.1) is 0 Å². The molecule has 0 aromatic heterocycles. The molecule has 0 radical (unpaired) electrons. The van der Waals surface area contributed by atoms with Crippen molar-refractivity contribution in [3.05, 3.63) is 35.8 Å². The van der Waals surface area contributed by atoms with Crippen LogP contribution in [0.2, 0.25) is 0 Å². The molecule has 1 aromatic carbocycles. The van der Waals surface area contributed by atoms with E-state index < -0.39 is 30.2 Å². The lowest BCUT2D eigenvalue weighted by Crippen LogP contribution is -2.19. The summed E-state index contributed by atoms with van der Waals surface area (Å²) in [4.78, 5) is 10.4. The van der Waals surface area contributed by atoms with Crippen LogP contribution in [-0.4, -0.2) is 22.3 Å². The minimum absolute atomic E-state index is 0.0151. The van der Waals surface area contributed by atoms with E-state index in [1.807, 2.05) is 0 Å². The molecule has 70 valence electrons. The third-order valence-corrected chi connectivity index (χ3v) is 1.50. The first kappa shape index (κ1) is 4.77. The summed E-state index contributed by atoms with van der Waals surface area (Å²) in [7, 11) is 0. The monoisotopic (exact) mass is 185 g/mol. The number of hydrogen-bond acceptors (Lipinski definition) is 2. The van der Waals surface area contributed by atoms with E-state index in [0.717, 1.165) is 0 Å². The summed E-state index contributed by atoms with van der Waals surface area (Å²) in [5.74, 6) is -1.40. The zero-order valence-corrected chi connectivity index (χ0v) is 6.79. The van der Waals surface area contributed by atoms with Crippen molar-refractivity contribution in [2.45, 2.75) is 18.9 Å². The van der Waals surface area contributed by atoms with Crippen molar-refractivity contribution >= 4 is 5.97 Å². The van der Waals surface area contributed by atoms with Gasteiger partial charge in [-0.1, -0.05) is 30.2 Å². The van der Waals surface area contributed by atoms with E-state index in [1.54, 1.807) is 0 Å². The maximum atomic E-state index is 10.4. The second-order valence-electron chi connectivity index (χ2n) is 2.50. The zero-order chi connectivity index (χ0) is 14.0. The van der Waals surface area contributed by atoms with Crippen molar-refractivity contribution in [3.63, 3.8) is 0 Å². The summed E-state index contributed by atoms with van der Waals surface area (Å²) in [5, 5.41) is 17.6. The summed E-state index contributed by atoms with van der Waals surface area (Å²) in [6, 6.07) is -2.14. The second-order valence-corrected chi connectivity index (χ2v) is 2.50. The molecule has 0 unspecified atom stereocenters. The van der Waals surface area contributed by atoms with E-state index >= 15 is 0 Å². The summed E-state index contributed by atoms with van der Waals surface area (Å²) in [5.41, 5.74) is 0.0151. The maximum absolute atomic E-state index is 10.4. The topological polar surface area (TPSA) is 57.5 Å². The normalized spacial score (nSPS) is 17.8. The van der Waals surface area contributed by atoms with Gasteiger partial charge in [0, 0.05) is 0 Å². The highest BCUT2D eigenvalue weighted by molar-refractivity contribution is 5.71. The standard InChI is InChI=1S/C10H12O3/c11-9(10(12)13)7-6-8-4-2-1-3-5-8/h1-5,9,11H,6-7H2,(H,12,13)/t9-/m1/s1/i1D,2D,3D,4D,5D. The van der Waals surface area contributed by atoms with Gasteiger partial charge in [0.1, 0.15) is 0 Å². The van der Waals surface area contributed by atoms with Crippen LogP contribution in [0.15, 0.2) is 30.2 Å². The fourth-order valence-electron chi connectivity index (χ4n) is 0.805. The quantitative estimate of drug-likeness (QED) is 0.737. The van der Waals surface area contributed by atoms with Crippen LogP contribution in [0.4, 0.5) is 0 Å². The molecule has 1 atom stereocenters. The van der Waals surface area contributed by atoms with E-state index in [2.05, 4.69) is 0 Å². The zero-order valence-electron chi connectivity index (χ0n) is 11.8. The molecular formula is C10H12O3. The van der Waals surface area contributed by atoms with E-state index in [-0.39, 0.29) is 30.5 Å². The Morgan fingerprint density at radius 2 is 2.08 bits per heavy atom. The van der Waals surface area contributed by atoms with Gasteiger partial charge < -0.3 is 10.2 Å². The maximum Gasteiger partial charge on any atom is 0.332 e. The molecule has 0 heterocycles. The molecule has 0 fully saturated rings. The first-order valence-electron chi connectivity index (χ1n) is 6.24. The number of aliphatic hydroxyl groups is 1. The smallest absolute Gasteiger partial charge is 0.332 e. The Kier molecular flexibility index (Phi) is 1.69. The number of aliphatic carboxylic acids is 1. The molecule has 0 amide bonds. The van der Waals surface area contributed by atoms with Crippen molar-refractivity contribution in [2.24, 2.45) is 0 Å². The van der Waals surface area contributed by atoms with Gasteiger partial charge in [-0.05, 0) is 18.4 Å². The molecular weight excluding hydrogens is 168 g/mol. The Balaban J connectivity index is 3.07. The molecule has 13 heavy (non-hydrogen) atoms. The van der Waals surface area contributed by atoms with Gasteiger partial charge in [0.15, 0.2) is 6.10 Å². The highest BCUT2D eigenvalue weighted by Crippen LogP contribution is 2.04. The second kappa shape index (κ2) is 4.62. The van der Waals surface area contributed by atoms with Gasteiger partial charge in [-0.25, -0.2) is 4.79 Å². The number of rotatable bonds is 4. The minimum atomic E-state index is -1.61. The van der Waals surface area contributed by atoms with Gasteiger partial charge in [0.05, 0.1) is 6.85 Å². The van der Waals surface area contributed by atoms with E-state index in [9.17, 15) is 4.79 Å². The average molecular weight is 185 g/mol. The van der Waals surface area contributed by atoms with Crippen LogP contribution in [0.25, 0.3) is 0 Å². The molecule has 0 spiro atoms. The van der Waals surface area contributed by atoms with Crippen molar-refractivity contribution in [2.75, 3.05) is 0 Å². The van der Waals surface area contributed by atoms with Crippen molar-refractivity contribution in [3.8, 4) is 0 Å². The average Bonchev–Trinajstić information content (AvgIpc) is 2.33. The summed E-state index contributed by atoms with van der Waals surface area (Å²) in [6.07, 6.45) is -1.91. The number of hydrogen-bond donors (Lipinski definition) is 2. The Bertz CT molecular complexity index is 460. The van der Waals surface area contributed by atoms with Crippen LogP contribution in [-0.2, 0) is 11.2 Å². The van der Waals surface area contributed by atoms with Gasteiger partial charge in [-0.3, -0.25) is 0 Å². The molecule has 0 bridgehead atoms. The first-order valence-corrected chi connectivity index (χ1v) is 3.74. The third kappa shape index (κ3) is 3.25. The van der Waals surface area contributed by atoms with Gasteiger partial charge in [0.2, 0.25) is 0 Å². The van der Waals surface area contributed by atoms with Crippen LogP contribution in [0.3, 0.4) is 0 Å². The van der Waals surface area contributed by atoms with Gasteiger partial charge in [-0.2, -0.15) is 0 Å². The molecule has 0 saturated heterocycles. The lowest BCUT2D eigenvalue weighted by atomic mass is 10.1. The summed E-state index contributed by atoms with van der Waals surface area (Å²) >= 11 is 0. The molecule has 0 aliphatic heterocycles. The Labute approximate surface area is 83.7 Å². The highest BCUT2D eigenvalue weighted by Gasteiger charge is 2.11. The number of carboxylic acid groups (broad SMARTS) is 1. The fraction of sp³-hybridized carbons (Fsp3) is 0.300.